The van der Waals surface area contributed by atoms with E-state index in [0.29, 0.717) is 0 Å². The average molecular weight is 329 g/mol. The first-order chi connectivity index (χ1) is 7.77. The molecule has 2 rings (SSSR count). The zero-order valence-corrected chi connectivity index (χ0v) is 11.6. The van der Waals surface area contributed by atoms with E-state index in [9.17, 15) is 4.79 Å². The molecule has 2 nitrogen and oxygen atoms in total. The van der Waals surface area contributed by atoms with Gasteiger partial charge in [-0.15, -0.1) is 0 Å². The SMILES string of the molecule is CC(=O)N=C1CCCCI1c1ccccc1. The molecule has 0 radical (unpaired) electrons. The van der Waals surface area contributed by atoms with Crippen molar-refractivity contribution in [3.63, 3.8) is 0 Å². The van der Waals surface area contributed by atoms with Crippen molar-refractivity contribution in [2.24, 2.45) is 4.99 Å². The molecule has 0 unspecified atom stereocenters. The van der Waals surface area contributed by atoms with Crippen molar-refractivity contribution in [2.75, 3.05) is 4.43 Å². The first-order valence-corrected chi connectivity index (χ1v) is 9.24. The van der Waals surface area contributed by atoms with Crippen LogP contribution in [-0.4, -0.2) is 14.1 Å². The molecule has 0 aromatic heterocycles. The van der Waals surface area contributed by atoms with E-state index in [4.69, 9.17) is 0 Å². The van der Waals surface area contributed by atoms with Gasteiger partial charge >= 0.3 is 104 Å². The van der Waals surface area contributed by atoms with Gasteiger partial charge in [0.2, 0.25) is 0 Å². The van der Waals surface area contributed by atoms with Gasteiger partial charge in [-0.1, -0.05) is 0 Å². The Labute approximate surface area is 104 Å². The fourth-order valence-electron chi connectivity index (χ4n) is 1.80. The van der Waals surface area contributed by atoms with E-state index in [-0.39, 0.29) is 5.91 Å². The van der Waals surface area contributed by atoms with Gasteiger partial charge in [-0.3, -0.25) is 0 Å². The molecule has 0 spiro atoms. The number of aliphatic imine (C=N–C) groups is 1. The molecular weight excluding hydrogens is 313 g/mol. The maximum atomic E-state index is 11.1. The number of hydrogen-bond acceptors (Lipinski definition) is 1. The normalized spacial score (nSPS) is 21.1. The first kappa shape index (κ1) is 11.8. The molecule has 1 aliphatic heterocycles. The minimum atomic E-state index is -1.32. The van der Waals surface area contributed by atoms with Crippen LogP contribution in [0.4, 0.5) is 0 Å². The molecule has 3 heteroatoms. The van der Waals surface area contributed by atoms with Gasteiger partial charge in [0.05, 0.1) is 0 Å². The molecule has 1 saturated heterocycles. The van der Waals surface area contributed by atoms with E-state index in [1.165, 1.54) is 24.6 Å². The number of benzene rings is 1. The number of nitrogens with zero attached hydrogens (tertiary/aromatic N) is 1. The van der Waals surface area contributed by atoms with Crippen molar-refractivity contribution < 1.29 is 4.79 Å². The predicted octanol–water partition coefficient (Wildman–Crippen LogP) is 3.49. The molecule has 1 amide bonds. The van der Waals surface area contributed by atoms with Gasteiger partial charge in [0.15, 0.2) is 0 Å². The van der Waals surface area contributed by atoms with Crippen LogP contribution in [-0.2, 0) is 4.79 Å². The number of amides is 1. The molecule has 0 N–H and O–H groups in total. The van der Waals surface area contributed by atoms with Crippen molar-refractivity contribution in [3.8, 4) is 0 Å². The van der Waals surface area contributed by atoms with Crippen LogP contribution in [0.25, 0.3) is 0 Å². The zero-order chi connectivity index (χ0) is 11.4. The molecule has 1 heterocycles. The van der Waals surface area contributed by atoms with E-state index in [1.807, 2.05) is 6.07 Å². The summed E-state index contributed by atoms with van der Waals surface area (Å²) in [5, 5.41) is 0. The Kier molecular flexibility index (Phi) is 4.09. The number of alkyl halides is 1. The number of halogens is 1. The van der Waals surface area contributed by atoms with Crippen molar-refractivity contribution in [2.45, 2.75) is 26.2 Å². The summed E-state index contributed by atoms with van der Waals surface area (Å²) in [6, 6.07) is 10.6. The topological polar surface area (TPSA) is 29.4 Å². The number of carbonyl (C=O) groups excluding carboxylic acids is 1. The van der Waals surface area contributed by atoms with Crippen LogP contribution in [0.1, 0.15) is 26.2 Å². The summed E-state index contributed by atoms with van der Waals surface area (Å²) in [5.74, 6) is -0.0323. The molecular formula is C13H16INO. The van der Waals surface area contributed by atoms with Crippen LogP contribution in [0.2, 0.25) is 0 Å². The molecule has 16 heavy (non-hydrogen) atoms. The second kappa shape index (κ2) is 5.57. The van der Waals surface area contributed by atoms with Crippen LogP contribution in [0.5, 0.6) is 0 Å². The van der Waals surface area contributed by atoms with Crippen LogP contribution in [0.3, 0.4) is 0 Å². The Balaban J connectivity index is 2.27. The molecule has 86 valence electrons. The first-order valence-electron chi connectivity index (χ1n) is 5.56. The van der Waals surface area contributed by atoms with Gasteiger partial charge in [-0.25, -0.2) is 0 Å². The Morgan fingerprint density at radius 3 is 2.69 bits per heavy atom. The van der Waals surface area contributed by atoms with Crippen molar-refractivity contribution in [1.29, 1.82) is 0 Å². The van der Waals surface area contributed by atoms with Gasteiger partial charge in [-0.05, 0) is 0 Å². The molecule has 1 aromatic carbocycles. The average Bonchev–Trinajstić information content (AvgIpc) is 2.30. The van der Waals surface area contributed by atoms with Crippen molar-refractivity contribution in [1.82, 2.24) is 0 Å². The summed E-state index contributed by atoms with van der Waals surface area (Å²) in [4.78, 5) is 15.4. The molecule has 0 saturated carbocycles. The van der Waals surface area contributed by atoms with Crippen LogP contribution < -0.4 is 0 Å². The zero-order valence-electron chi connectivity index (χ0n) is 9.45. The Bertz CT molecular complexity index is 400. The van der Waals surface area contributed by atoms with Crippen LogP contribution in [0, 0.1) is 3.57 Å². The van der Waals surface area contributed by atoms with Gasteiger partial charge in [0.1, 0.15) is 0 Å². The monoisotopic (exact) mass is 329 g/mol. The van der Waals surface area contributed by atoms with Gasteiger partial charge in [0, 0.05) is 0 Å². The molecule has 0 atom stereocenters. The molecule has 1 fully saturated rings. The fourth-order valence-corrected chi connectivity index (χ4v) is 8.01. The molecule has 1 aromatic rings. The third-order valence-corrected chi connectivity index (χ3v) is 8.84. The standard InChI is InChI=1S/C13H16INO/c1-11(16)15-13-9-5-6-10-14(13)12-7-3-2-4-8-12/h2-4,7-8H,5-6,9-10H2,1H3. The van der Waals surface area contributed by atoms with Gasteiger partial charge in [-0.2, -0.15) is 0 Å². The Morgan fingerprint density at radius 2 is 2.00 bits per heavy atom. The third kappa shape index (κ3) is 2.90. The van der Waals surface area contributed by atoms with Gasteiger partial charge < -0.3 is 0 Å². The third-order valence-electron chi connectivity index (χ3n) is 2.49. The second-order valence-electron chi connectivity index (χ2n) is 3.81. The maximum absolute atomic E-state index is 11.1. The van der Waals surface area contributed by atoms with E-state index in [1.54, 1.807) is 6.92 Å². The predicted molar refractivity (Wildman–Crippen MR) is 76.0 cm³/mol. The van der Waals surface area contributed by atoms with Crippen LogP contribution >= 0.6 is 19.8 Å². The summed E-state index contributed by atoms with van der Waals surface area (Å²) in [5.41, 5.74) is 0. The van der Waals surface area contributed by atoms with Crippen molar-refractivity contribution in [3.05, 3.63) is 33.9 Å². The summed E-state index contributed by atoms with van der Waals surface area (Å²) < 4.78 is 3.96. The fraction of sp³-hybridized carbons (Fsp3) is 0.385. The summed E-state index contributed by atoms with van der Waals surface area (Å²) in [6.45, 7) is 1.56. The van der Waals surface area contributed by atoms with E-state index < -0.39 is 19.8 Å². The number of carbonyl (C=O) groups is 1. The van der Waals surface area contributed by atoms with Gasteiger partial charge in [0.25, 0.3) is 0 Å². The number of hydrogen-bond donors (Lipinski definition) is 0. The van der Waals surface area contributed by atoms with E-state index >= 15 is 0 Å². The van der Waals surface area contributed by atoms with E-state index in [2.05, 4.69) is 29.3 Å². The Hall–Kier alpha value is -0.710. The van der Waals surface area contributed by atoms with Crippen molar-refractivity contribution >= 4 is 29.4 Å². The molecule has 1 aliphatic rings. The minimum absolute atomic E-state index is 0.0323. The molecule has 0 aliphatic carbocycles. The second-order valence-corrected chi connectivity index (χ2v) is 9.45. The van der Waals surface area contributed by atoms with E-state index in [0.717, 1.165) is 6.42 Å². The summed E-state index contributed by atoms with van der Waals surface area (Å²) >= 11 is -1.32. The Morgan fingerprint density at radius 1 is 1.25 bits per heavy atom. The number of rotatable bonds is 1. The molecule has 0 bridgehead atoms. The quantitative estimate of drug-likeness (QED) is 0.573. The summed E-state index contributed by atoms with van der Waals surface area (Å²) in [6.07, 6.45) is 3.54. The summed E-state index contributed by atoms with van der Waals surface area (Å²) in [7, 11) is 0. The van der Waals surface area contributed by atoms with Crippen LogP contribution in [0.15, 0.2) is 35.3 Å².